The standard InChI is InChI=1S/C18H15ClF3NO2/c19-15-3-1-2-11(6-15)9-23-10-13-7-14(18(20,21)22)5-4-12(13)8-16(23)17(24)25/h1-7,16H,8-10H2,(H,24,25). The fourth-order valence-corrected chi connectivity index (χ4v) is 3.31. The number of carboxylic acid groups (broad SMARTS) is 1. The number of aliphatic carboxylic acids is 1. The Kier molecular flexibility index (Phi) is 4.75. The Morgan fingerprint density at radius 3 is 2.60 bits per heavy atom. The van der Waals surface area contributed by atoms with Gasteiger partial charge in [-0.25, -0.2) is 0 Å². The summed E-state index contributed by atoms with van der Waals surface area (Å²) in [7, 11) is 0. The smallest absolute Gasteiger partial charge is 0.416 e. The number of hydrogen-bond donors (Lipinski definition) is 1. The van der Waals surface area contributed by atoms with Gasteiger partial charge in [0.1, 0.15) is 6.04 Å². The van der Waals surface area contributed by atoms with Crippen LogP contribution in [0.4, 0.5) is 13.2 Å². The Morgan fingerprint density at radius 1 is 1.20 bits per heavy atom. The Morgan fingerprint density at radius 2 is 1.96 bits per heavy atom. The highest BCUT2D eigenvalue weighted by Crippen LogP contribution is 2.33. The SMILES string of the molecule is O=C(O)C1Cc2ccc(C(F)(F)F)cc2CN1Cc1cccc(Cl)c1. The molecule has 1 N–H and O–H groups in total. The monoisotopic (exact) mass is 369 g/mol. The van der Waals surface area contributed by atoms with Gasteiger partial charge in [-0.05, 0) is 47.4 Å². The molecule has 3 nitrogen and oxygen atoms in total. The van der Waals surface area contributed by atoms with Crippen LogP contribution >= 0.6 is 11.6 Å². The zero-order valence-electron chi connectivity index (χ0n) is 13.1. The van der Waals surface area contributed by atoms with Gasteiger partial charge in [0.05, 0.1) is 5.56 Å². The Bertz CT molecular complexity index is 807. The van der Waals surface area contributed by atoms with E-state index in [1.807, 2.05) is 6.07 Å². The number of alkyl halides is 3. The van der Waals surface area contributed by atoms with E-state index >= 15 is 0 Å². The fraction of sp³-hybridized carbons (Fsp3) is 0.278. The zero-order chi connectivity index (χ0) is 18.2. The molecule has 0 saturated heterocycles. The molecule has 1 aliphatic rings. The van der Waals surface area contributed by atoms with Gasteiger partial charge in [0.15, 0.2) is 0 Å². The summed E-state index contributed by atoms with van der Waals surface area (Å²) >= 11 is 5.95. The molecule has 1 heterocycles. The van der Waals surface area contributed by atoms with Gasteiger partial charge in [0.25, 0.3) is 0 Å². The molecule has 3 rings (SSSR count). The molecule has 0 bridgehead atoms. The number of hydrogen-bond acceptors (Lipinski definition) is 2. The van der Waals surface area contributed by atoms with Crippen molar-refractivity contribution in [1.29, 1.82) is 0 Å². The van der Waals surface area contributed by atoms with Crippen LogP contribution in [0.15, 0.2) is 42.5 Å². The molecule has 1 unspecified atom stereocenters. The second-order valence-corrected chi connectivity index (χ2v) is 6.51. The van der Waals surface area contributed by atoms with Gasteiger partial charge in [-0.3, -0.25) is 9.69 Å². The first-order valence-electron chi connectivity index (χ1n) is 7.64. The maximum Gasteiger partial charge on any atom is 0.416 e. The lowest BCUT2D eigenvalue weighted by Crippen LogP contribution is -2.45. The molecular weight excluding hydrogens is 355 g/mol. The molecule has 0 fully saturated rings. The number of fused-ring (bicyclic) bond motifs is 1. The van der Waals surface area contributed by atoms with Crippen molar-refractivity contribution >= 4 is 17.6 Å². The topological polar surface area (TPSA) is 40.5 Å². The molecule has 25 heavy (non-hydrogen) atoms. The quantitative estimate of drug-likeness (QED) is 0.873. The molecule has 1 atom stereocenters. The summed E-state index contributed by atoms with van der Waals surface area (Å²) in [6.45, 7) is 0.440. The van der Waals surface area contributed by atoms with Crippen LogP contribution in [-0.2, 0) is 30.5 Å². The van der Waals surface area contributed by atoms with Gasteiger partial charge < -0.3 is 5.11 Å². The zero-order valence-corrected chi connectivity index (χ0v) is 13.8. The summed E-state index contributed by atoms with van der Waals surface area (Å²) in [6, 6.07) is 9.71. The van der Waals surface area contributed by atoms with Crippen molar-refractivity contribution in [3.05, 3.63) is 69.7 Å². The summed E-state index contributed by atoms with van der Waals surface area (Å²) in [6.07, 6.45) is -4.25. The van der Waals surface area contributed by atoms with Crippen molar-refractivity contribution in [3.8, 4) is 0 Å². The molecule has 2 aromatic carbocycles. The summed E-state index contributed by atoms with van der Waals surface area (Å²) < 4.78 is 38.8. The van der Waals surface area contributed by atoms with Crippen molar-refractivity contribution in [2.45, 2.75) is 31.7 Å². The maximum atomic E-state index is 12.9. The summed E-state index contributed by atoms with van der Waals surface area (Å²) in [5.41, 5.74) is 1.24. The minimum absolute atomic E-state index is 0.142. The Hall–Kier alpha value is -2.05. The Balaban J connectivity index is 1.92. The van der Waals surface area contributed by atoms with E-state index in [0.29, 0.717) is 22.7 Å². The third kappa shape index (κ3) is 3.96. The van der Waals surface area contributed by atoms with Crippen LogP contribution in [0.25, 0.3) is 0 Å². The van der Waals surface area contributed by atoms with Crippen molar-refractivity contribution < 1.29 is 23.1 Å². The van der Waals surface area contributed by atoms with E-state index < -0.39 is 23.8 Å². The lowest BCUT2D eigenvalue weighted by atomic mass is 9.92. The van der Waals surface area contributed by atoms with Crippen LogP contribution in [0.5, 0.6) is 0 Å². The lowest BCUT2D eigenvalue weighted by Gasteiger charge is -2.34. The first-order valence-corrected chi connectivity index (χ1v) is 8.02. The number of benzene rings is 2. The molecule has 0 amide bonds. The van der Waals surface area contributed by atoms with E-state index in [1.54, 1.807) is 23.1 Å². The Labute approximate surface area is 147 Å². The van der Waals surface area contributed by atoms with E-state index in [0.717, 1.165) is 17.7 Å². The molecular formula is C18H15ClF3NO2. The number of carbonyl (C=O) groups is 1. The normalized spacial score (nSPS) is 18.0. The number of rotatable bonds is 3. The third-order valence-corrected chi connectivity index (χ3v) is 4.56. The van der Waals surface area contributed by atoms with Crippen LogP contribution in [-0.4, -0.2) is 22.0 Å². The van der Waals surface area contributed by atoms with Crippen LogP contribution in [0.3, 0.4) is 0 Å². The third-order valence-electron chi connectivity index (χ3n) is 4.32. The number of halogens is 4. The minimum Gasteiger partial charge on any atom is -0.480 e. The second-order valence-electron chi connectivity index (χ2n) is 6.07. The molecule has 0 saturated carbocycles. The van der Waals surface area contributed by atoms with E-state index in [9.17, 15) is 23.1 Å². The maximum absolute atomic E-state index is 12.9. The van der Waals surface area contributed by atoms with E-state index in [1.165, 1.54) is 6.07 Å². The fourth-order valence-electron chi connectivity index (χ4n) is 3.09. The van der Waals surface area contributed by atoms with Gasteiger partial charge >= 0.3 is 12.1 Å². The van der Waals surface area contributed by atoms with Crippen LogP contribution in [0, 0.1) is 0 Å². The number of carboxylic acids is 1. The van der Waals surface area contributed by atoms with Gasteiger partial charge in [-0.2, -0.15) is 13.2 Å². The molecule has 7 heteroatoms. The summed E-state index contributed by atoms with van der Waals surface area (Å²) in [4.78, 5) is 13.3. The van der Waals surface area contributed by atoms with Crippen molar-refractivity contribution in [1.82, 2.24) is 4.90 Å². The predicted molar refractivity (Wildman–Crippen MR) is 87.3 cm³/mol. The summed E-state index contributed by atoms with van der Waals surface area (Å²) in [5.74, 6) is -0.993. The first kappa shape index (κ1) is 17.8. The van der Waals surface area contributed by atoms with Crippen LogP contribution in [0.1, 0.15) is 22.3 Å². The van der Waals surface area contributed by atoms with E-state index in [-0.39, 0.29) is 13.0 Å². The molecule has 0 aromatic heterocycles. The molecule has 132 valence electrons. The highest BCUT2D eigenvalue weighted by molar-refractivity contribution is 6.30. The predicted octanol–water partition coefficient (Wildman–Crippen LogP) is 4.37. The molecule has 0 spiro atoms. The van der Waals surface area contributed by atoms with E-state index in [2.05, 4.69) is 0 Å². The van der Waals surface area contributed by atoms with Gasteiger partial charge in [-0.1, -0.05) is 29.8 Å². The summed E-state index contributed by atoms with van der Waals surface area (Å²) in [5, 5.41) is 10.0. The highest BCUT2D eigenvalue weighted by Gasteiger charge is 2.35. The second kappa shape index (κ2) is 6.69. The van der Waals surface area contributed by atoms with Gasteiger partial charge in [-0.15, -0.1) is 0 Å². The first-order chi connectivity index (χ1) is 11.7. The highest BCUT2D eigenvalue weighted by atomic mass is 35.5. The van der Waals surface area contributed by atoms with Crippen LogP contribution < -0.4 is 0 Å². The average Bonchev–Trinajstić information content (AvgIpc) is 2.52. The minimum atomic E-state index is -4.42. The molecule has 2 aromatic rings. The van der Waals surface area contributed by atoms with Crippen molar-refractivity contribution in [2.24, 2.45) is 0 Å². The molecule has 0 radical (unpaired) electrons. The lowest BCUT2D eigenvalue weighted by molar-refractivity contribution is -0.144. The average molecular weight is 370 g/mol. The molecule has 1 aliphatic heterocycles. The largest absolute Gasteiger partial charge is 0.480 e. The van der Waals surface area contributed by atoms with Crippen LogP contribution in [0.2, 0.25) is 5.02 Å². The van der Waals surface area contributed by atoms with Gasteiger partial charge in [0.2, 0.25) is 0 Å². The van der Waals surface area contributed by atoms with Gasteiger partial charge in [0, 0.05) is 18.1 Å². The number of nitrogens with zero attached hydrogens (tertiary/aromatic N) is 1. The van der Waals surface area contributed by atoms with E-state index in [4.69, 9.17) is 11.6 Å². The molecule has 0 aliphatic carbocycles. The van der Waals surface area contributed by atoms with Crippen molar-refractivity contribution in [2.75, 3.05) is 0 Å². The van der Waals surface area contributed by atoms with Crippen molar-refractivity contribution in [3.63, 3.8) is 0 Å².